The number of carbonyl (C=O) groups excluding carboxylic acids is 1. The monoisotopic (exact) mass is 409 g/mol. The summed E-state index contributed by atoms with van der Waals surface area (Å²) in [6.45, 7) is 3.51. The maximum absolute atomic E-state index is 12.1. The summed E-state index contributed by atoms with van der Waals surface area (Å²) in [5.41, 5.74) is 24.3. The van der Waals surface area contributed by atoms with Gasteiger partial charge in [-0.05, 0) is 61.4 Å². The minimum Gasteiger partial charge on any atom is -0.410 e. The predicted octanol–water partition coefficient (Wildman–Crippen LogP) is 1.29. The fraction of sp³-hybridized carbons (Fsp3) is 0.105. The molecule has 0 atom stereocenters. The van der Waals surface area contributed by atoms with Crippen LogP contribution >= 0.6 is 0 Å². The molecular weight excluding hydrogens is 386 g/mol. The third-order valence-electron chi connectivity index (χ3n) is 3.66. The van der Waals surface area contributed by atoms with Gasteiger partial charge in [0.25, 0.3) is 0 Å². The highest BCUT2D eigenvalue weighted by atomic mass is 16.6. The van der Waals surface area contributed by atoms with Crippen molar-refractivity contribution >= 4 is 35.1 Å². The fourth-order valence-corrected chi connectivity index (χ4v) is 2.19. The van der Waals surface area contributed by atoms with E-state index in [0.717, 1.165) is 11.1 Å². The summed E-state index contributed by atoms with van der Waals surface area (Å²) in [7, 11) is 0. The van der Waals surface area contributed by atoms with Crippen molar-refractivity contribution in [2.45, 2.75) is 13.8 Å². The van der Waals surface area contributed by atoms with Gasteiger partial charge in [-0.15, -0.1) is 10.2 Å². The summed E-state index contributed by atoms with van der Waals surface area (Å²) in [4.78, 5) is 12.1. The number of anilines is 1. The molecule has 0 aliphatic carbocycles. The van der Waals surface area contributed by atoms with E-state index in [1.165, 1.54) is 0 Å². The Morgan fingerprint density at radius 3 is 1.60 bits per heavy atom. The zero-order chi connectivity index (χ0) is 22.1. The Bertz CT molecular complexity index is 918. The molecule has 2 aromatic rings. The zero-order valence-electron chi connectivity index (χ0n) is 16.5. The van der Waals surface area contributed by atoms with E-state index in [4.69, 9.17) is 27.7 Å². The van der Waals surface area contributed by atoms with Crippen LogP contribution in [0.5, 0.6) is 5.75 Å². The van der Waals surface area contributed by atoms with Crippen LogP contribution in [0.3, 0.4) is 0 Å². The first kappa shape index (κ1) is 21.9. The smallest absolute Gasteiger partial charge is 0.410 e. The lowest BCUT2D eigenvalue weighted by Crippen LogP contribution is -2.22. The number of amides is 1. The number of guanidine groups is 2. The zero-order valence-corrected chi connectivity index (χ0v) is 16.5. The van der Waals surface area contributed by atoms with E-state index in [2.05, 4.69) is 25.7 Å². The maximum Gasteiger partial charge on any atom is 0.417 e. The summed E-state index contributed by atoms with van der Waals surface area (Å²) < 4.78 is 5.27. The highest BCUT2D eigenvalue weighted by Gasteiger charge is 2.07. The quantitative estimate of drug-likeness (QED) is 0.271. The van der Waals surface area contributed by atoms with Crippen molar-refractivity contribution in [1.29, 1.82) is 0 Å². The largest absolute Gasteiger partial charge is 0.417 e. The fourth-order valence-electron chi connectivity index (χ4n) is 2.19. The number of carbonyl (C=O) groups is 1. The Morgan fingerprint density at radius 1 is 0.733 bits per heavy atom. The van der Waals surface area contributed by atoms with Crippen LogP contribution in [0, 0.1) is 0 Å². The van der Waals surface area contributed by atoms with E-state index in [9.17, 15) is 4.79 Å². The van der Waals surface area contributed by atoms with E-state index < -0.39 is 6.09 Å². The van der Waals surface area contributed by atoms with Crippen LogP contribution in [0.1, 0.15) is 25.0 Å². The molecule has 0 saturated heterocycles. The molecule has 30 heavy (non-hydrogen) atoms. The molecule has 0 aliphatic rings. The Morgan fingerprint density at radius 2 is 1.17 bits per heavy atom. The van der Waals surface area contributed by atoms with Gasteiger partial charge in [0.2, 0.25) is 11.9 Å². The summed E-state index contributed by atoms with van der Waals surface area (Å²) in [5.74, 6) is 0.109. The molecule has 11 nitrogen and oxygen atoms in total. The molecule has 0 saturated carbocycles. The van der Waals surface area contributed by atoms with E-state index in [0.29, 0.717) is 22.9 Å². The lowest BCUT2D eigenvalue weighted by atomic mass is 10.1. The molecular formula is C19H23N9O2. The molecule has 0 bridgehead atoms. The number of nitrogens with one attached hydrogen (secondary N) is 1. The van der Waals surface area contributed by atoms with Crippen molar-refractivity contribution in [3.05, 3.63) is 59.7 Å². The number of hydrogen-bond acceptors (Lipinski definition) is 6. The first-order valence-electron chi connectivity index (χ1n) is 8.70. The molecule has 156 valence electrons. The first-order valence-corrected chi connectivity index (χ1v) is 8.70. The van der Waals surface area contributed by atoms with E-state index >= 15 is 0 Å². The molecule has 0 unspecified atom stereocenters. The normalized spacial score (nSPS) is 11.4. The molecule has 0 radical (unpaired) electrons. The third kappa shape index (κ3) is 6.96. The van der Waals surface area contributed by atoms with Crippen LogP contribution in [-0.4, -0.2) is 29.4 Å². The van der Waals surface area contributed by atoms with E-state index in [-0.39, 0.29) is 11.9 Å². The molecule has 0 heterocycles. The van der Waals surface area contributed by atoms with Crippen molar-refractivity contribution in [1.82, 2.24) is 0 Å². The molecule has 0 aromatic heterocycles. The summed E-state index contributed by atoms with van der Waals surface area (Å²) in [6, 6.07) is 13.7. The minimum atomic E-state index is -0.632. The number of ether oxygens (including phenoxy) is 1. The lowest BCUT2D eigenvalue weighted by molar-refractivity contribution is 0.215. The SMILES string of the molecule is C/C(=N\N=C(N)N)c1ccc(NC(=O)Oc2ccc(/C(C)=N/N=C(N)N)cc2)cc1. The van der Waals surface area contributed by atoms with E-state index in [1.807, 2.05) is 0 Å². The maximum atomic E-state index is 12.1. The number of rotatable bonds is 6. The minimum absolute atomic E-state index is 0.125. The topological polar surface area (TPSA) is 192 Å². The summed E-state index contributed by atoms with van der Waals surface area (Å²) in [6.07, 6.45) is -0.632. The molecule has 2 aromatic carbocycles. The second kappa shape index (κ2) is 10.2. The van der Waals surface area contributed by atoms with Gasteiger partial charge in [-0.3, -0.25) is 5.32 Å². The Hall–Kier alpha value is -4.41. The molecule has 11 heteroatoms. The molecule has 0 spiro atoms. The Labute approximate surface area is 173 Å². The average molecular weight is 409 g/mol. The van der Waals surface area contributed by atoms with Crippen LogP contribution in [0.25, 0.3) is 0 Å². The second-order valence-electron chi connectivity index (χ2n) is 6.04. The summed E-state index contributed by atoms with van der Waals surface area (Å²) in [5, 5.41) is 17.6. The number of benzene rings is 2. The van der Waals surface area contributed by atoms with Crippen molar-refractivity contribution < 1.29 is 9.53 Å². The molecule has 1 amide bonds. The van der Waals surface area contributed by atoms with Crippen LogP contribution < -0.4 is 33.0 Å². The van der Waals surface area contributed by atoms with Crippen molar-refractivity contribution in [3.63, 3.8) is 0 Å². The first-order chi connectivity index (χ1) is 14.2. The van der Waals surface area contributed by atoms with Crippen molar-refractivity contribution in [2.24, 2.45) is 43.3 Å². The van der Waals surface area contributed by atoms with E-state index in [1.54, 1.807) is 62.4 Å². The van der Waals surface area contributed by atoms with Gasteiger partial charge in [0.15, 0.2) is 0 Å². The highest BCUT2D eigenvalue weighted by Crippen LogP contribution is 2.15. The number of nitrogens with two attached hydrogens (primary N) is 4. The Balaban J connectivity index is 1.97. The lowest BCUT2D eigenvalue weighted by Gasteiger charge is -2.08. The van der Waals surface area contributed by atoms with Crippen LogP contribution in [0.15, 0.2) is 68.9 Å². The Kier molecular flexibility index (Phi) is 7.46. The number of hydrogen-bond donors (Lipinski definition) is 5. The third-order valence-corrected chi connectivity index (χ3v) is 3.66. The van der Waals surface area contributed by atoms with Gasteiger partial charge in [-0.1, -0.05) is 12.1 Å². The van der Waals surface area contributed by atoms with Gasteiger partial charge in [-0.2, -0.15) is 10.2 Å². The molecule has 9 N–H and O–H groups in total. The van der Waals surface area contributed by atoms with Crippen molar-refractivity contribution in [2.75, 3.05) is 5.32 Å². The van der Waals surface area contributed by atoms with Gasteiger partial charge < -0.3 is 27.7 Å². The van der Waals surface area contributed by atoms with Gasteiger partial charge in [0.1, 0.15) is 5.75 Å². The predicted molar refractivity (Wildman–Crippen MR) is 119 cm³/mol. The highest BCUT2D eigenvalue weighted by molar-refractivity contribution is 6.00. The van der Waals surface area contributed by atoms with Crippen LogP contribution in [0.2, 0.25) is 0 Å². The second-order valence-corrected chi connectivity index (χ2v) is 6.04. The summed E-state index contributed by atoms with van der Waals surface area (Å²) >= 11 is 0. The average Bonchev–Trinajstić information content (AvgIpc) is 2.71. The van der Waals surface area contributed by atoms with Gasteiger partial charge >= 0.3 is 6.09 Å². The van der Waals surface area contributed by atoms with Crippen LogP contribution in [0.4, 0.5) is 10.5 Å². The van der Waals surface area contributed by atoms with Gasteiger partial charge in [0.05, 0.1) is 11.4 Å². The van der Waals surface area contributed by atoms with Gasteiger partial charge in [-0.25, -0.2) is 4.79 Å². The van der Waals surface area contributed by atoms with Crippen LogP contribution in [-0.2, 0) is 0 Å². The van der Waals surface area contributed by atoms with Crippen molar-refractivity contribution in [3.8, 4) is 5.75 Å². The molecule has 2 rings (SSSR count). The molecule has 0 aliphatic heterocycles. The standard InChI is InChI=1S/C19H23N9O2/c1-11(25-27-17(20)21)13-3-7-15(8-4-13)24-19(29)30-16-9-5-14(6-10-16)12(2)26-28-18(22)23/h3-10H,1-2H3,(H,24,29)(H4,20,21,27)(H4,22,23,28)/b25-11+,26-12+. The molecule has 0 fully saturated rings. The van der Waals surface area contributed by atoms with Gasteiger partial charge in [0, 0.05) is 5.69 Å². The number of nitrogens with zero attached hydrogens (tertiary/aromatic N) is 4.